The van der Waals surface area contributed by atoms with Gasteiger partial charge in [0, 0.05) is 12.1 Å². The molecule has 96 valence electrons. The van der Waals surface area contributed by atoms with Crippen LogP contribution >= 0.6 is 15.1 Å². The molecule has 2 heterocycles. The molecule has 0 aromatic rings. The lowest BCUT2D eigenvalue weighted by molar-refractivity contribution is -0.00203. The highest BCUT2D eigenvalue weighted by Gasteiger charge is 2.42. The van der Waals surface area contributed by atoms with E-state index in [1.54, 1.807) is 0 Å². The summed E-state index contributed by atoms with van der Waals surface area (Å²) >= 11 is 0. The quantitative estimate of drug-likeness (QED) is 0.730. The molecule has 2 aliphatic rings. The molecule has 0 aromatic carbocycles. The van der Waals surface area contributed by atoms with Crippen molar-refractivity contribution in [1.29, 1.82) is 0 Å². The standard InChI is InChI=1S/C13H25NOP2/c1-14-10-6-7-11(14)9-12(8-10)15-13(16(2)3)17(4)5/h10-13H,2,4,6-9H2,1,3,5H3/q+2. The maximum absolute atomic E-state index is 6.35. The van der Waals surface area contributed by atoms with E-state index in [9.17, 15) is 0 Å². The highest BCUT2D eigenvalue weighted by atomic mass is 31.2. The first kappa shape index (κ1) is 13.7. The summed E-state index contributed by atoms with van der Waals surface area (Å²) in [6.45, 7) is 4.43. The van der Waals surface area contributed by atoms with Gasteiger partial charge in [-0.15, -0.1) is 0 Å². The Morgan fingerprint density at radius 1 is 1.12 bits per heavy atom. The van der Waals surface area contributed by atoms with E-state index in [-0.39, 0.29) is 15.1 Å². The van der Waals surface area contributed by atoms with Crippen molar-refractivity contribution in [1.82, 2.24) is 4.90 Å². The molecule has 0 spiro atoms. The van der Waals surface area contributed by atoms with Crippen LogP contribution < -0.4 is 0 Å². The molecule has 0 aromatic heterocycles. The van der Waals surface area contributed by atoms with E-state index in [1.165, 1.54) is 25.7 Å². The topological polar surface area (TPSA) is 12.5 Å². The lowest BCUT2D eigenvalue weighted by Gasteiger charge is -2.35. The molecule has 4 heteroatoms. The molecule has 4 atom stereocenters. The van der Waals surface area contributed by atoms with Crippen LogP contribution in [0.2, 0.25) is 0 Å². The fourth-order valence-electron chi connectivity index (χ4n) is 3.19. The predicted octanol–water partition coefficient (Wildman–Crippen LogP) is 3.00. The van der Waals surface area contributed by atoms with E-state index in [0.717, 1.165) is 12.1 Å². The fourth-order valence-corrected chi connectivity index (χ4v) is 6.64. The zero-order valence-electron chi connectivity index (χ0n) is 11.3. The van der Waals surface area contributed by atoms with E-state index in [0.29, 0.717) is 11.7 Å². The number of nitrogens with zero attached hydrogens (tertiary/aromatic N) is 1. The normalized spacial score (nSPS) is 36.8. The van der Waals surface area contributed by atoms with Crippen molar-refractivity contribution >= 4 is 27.7 Å². The SMILES string of the molecule is C=[P+](C)C(OC1CC2CCC(C1)N2C)[P+](=C)C. The maximum Gasteiger partial charge on any atom is 0.363 e. The third-order valence-corrected chi connectivity index (χ3v) is 8.24. The third kappa shape index (κ3) is 2.99. The highest BCUT2D eigenvalue weighted by molar-refractivity contribution is 7.72. The molecule has 2 rings (SSSR count). The van der Waals surface area contributed by atoms with Gasteiger partial charge in [-0.3, -0.25) is 4.74 Å². The fraction of sp³-hybridized carbons (Fsp3) is 0.846. The minimum absolute atomic E-state index is 0.267. The molecule has 2 aliphatic heterocycles. The summed E-state index contributed by atoms with van der Waals surface area (Å²) in [6.07, 6.45) is 14.0. The molecule has 17 heavy (non-hydrogen) atoms. The number of ether oxygens (including phenoxy) is 1. The molecule has 0 aliphatic carbocycles. The van der Waals surface area contributed by atoms with Gasteiger partial charge in [0.15, 0.2) is 15.1 Å². The first-order chi connectivity index (χ1) is 7.99. The van der Waals surface area contributed by atoms with Gasteiger partial charge >= 0.3 is 5.59 Å². The summed E-state index contributed by atoms with van der Waals surface area (Å²) in [5, 5.41) is 0. The Bertz CT molecular complexity index is 303. The first-order valence-electron chi connectivity index (χ1n) is 6.43. The molecular formula is C13H25NOP2+2. The summed E-state index contributed by atoms with van der Waals surface area (Å²) < 4.78 is 6.35. The van der Waals surface area contributed by atoms with Crippen LogP contribution in [0.15, 0.2) is 0 Å². The van der Waals surface area contributed by atoms with Crippen LogP contribution in [0, 0.1) is 0 Å². The van der Waals surface area contributed by atoms with Crippen LogP contribution in [-0.2, 0) is 4.74 Å². The Hall–Kier alpha value is 0.260. The minimum Gasteiger partial charge on any atom is -0.300 e. The van der Waals surface area contributed by atoms with Crippen molar-refractivity contribution in [3.63, 3.8) is 0 Å². The van der Waals surface area contributed by atoms with Crippen LogP contribution in [0.5, 0.6) is 0 Å². The van der Waals surface area contributed by atoms with Gasteiger partial charge in [0.2, 0.25) is 0 Å². The summed E-state index contributed by atoms with van der Waals surface area (Å²) in [5.74, 6) is 0. The largest absolute Gasteiger partial charge is 0.363 e. The van der Waals surface area contributed by atoms with Crippen molar-refractivity contribution in [2.45, 2.75) is 49.5 Å². The van der Waals surface area contributed by atoms with Gasteiger partial charge in [-0.1, -0.05) is 0 Å². The lowest BCUT2D eigenvalue weighted by Crippen LogP contribution is -2.43. The van der Waals surface area contributed by atoms with Gasteiger partial charge in [-0.05, 0) is 32.7 Å². The van der Waals surface area contributed by atoms with Crippen LogP contribution in [0.3, 0.4) is 0 Å². The van der Waals surface area contributed by atoms with Crippen molar-refractivity contribution in [2.24, 2.45) is 0 Å². The molecular weight excluding hydrogens is 248 g/mol. The number of rotatable bonds is 4. The van der Waals surface area contributed by atoms with Crippen molar-refractivity contribution in [3.05, 3.63) is 0 Å². The van der Waals surface area contributed by atoms with Crippen LogP contribution in [0.4, 0.5) is 0 Å². The van der Waals surface area contributed by atoms with Crippen LogP contribution in [0.25, 0.3) is 0 Å². The van der Waals surface area contributed by atoms with Crippen molar-refractivity contribution < 1.29 is 4.74 Å². The van der Waals surface area contributed by atoms with E-state index in [2.05, 4.69) is 37.9 Å². The second kappa shape index (κ2) is 5.49. The number of hydrogen-bond acceptors (Lipinski definition) is 2. The number of fused-ring (bicyclic) bond motifs is 2. The van der Waals surface area contributed by atoms with E-state index in [4.69, 9.17) is 4.74 Å². The van der Waals surface area contributed by atoms with Crippen molar-refractivity contribution in [2.75, 3.05) is 20.4 Å². The Morgan fingerprint density at radius 3 is 2.00 bits per heavy atom. The first-order valence-corrected chi connectivity index (χ1v) is 10.5. The van der Waals surface area contributed by atoms with Gasteiger partial charge in [-0.2, -0.15) is 0 Å². The molecule has 0 saturated carbocycles. The van der Waals surface area contributed by atoms with Gasteiger partial charge in [0.1, 0.15) is 13.3 Å². The van der Waals surface area contributed by atoms with Gasteiger partial charge in [0.05, 0.1) is 18.7 Å². The van der Waals surface area contributed by atoms with Crippen LogP contribution in [-0.4, -0.2) is 61.6 Å². The Balaban J connectivity index is 1.96. The highest BCUT2D eigenvalue weighted by Crippen LogP contribution is 2.44. The average molecular weight is 273 g/mol. The zero-order valence-corrected chi connectivity index (χ0v) is 13.1. The maximum atomic E-state index is 6.35. The minimum atomic E-state index is -0.267. The zero-order chi connectivity index (χ0) is 12.6. The van der Waals surface area contributed by atoms with E-state index in [1.807, 2.05) is 0 Å². The number of hydrogen-bond donors (Lipinski definition) is 0. The molecule has 0 radical (unpaired) electrons. The molecule has 2 bridgehead atoms. The predicted molar refractivity (Wildman–Crippen MR) is 82.4 cm³/mol. The Labute approximate surface area is 107 Å². The third-order valence-electron chi connectivity index (χ3n) is 4.12. The molecule has 4 unspecified atom stereocenters. The summed E-state index contributed by atoms with van der Waals surface area (Å²) in [4.78, 5) is 2.56. The Kier molecular flexibility index (Phi) is 4.42. The van der Waals surface area contributed by atoms with Crippen LogP contribution in [0.1, 0.15) is 25.7 Å². The average Bonchev–Trinajstić information content (AvgIpc) is 2.51. The summed E-state index contributed by atoms with van der Waals surface area (Å²) in [5.41, 5.74) is 0.341. The number of piperidine rings is 1. The molecule has 0 amide bonds. The second-order valence-electron chi connectivity index (χ2n) is 5.62. The van der Waals surface area contributed by atoms with E-state index >= 15 is 0 Å². The monoisotopic (exact) mass is 273 g/mol. The van der Waals surface area contributed by atoms with Gasteiger partial charge < -0.3 is 4.90 Å². The molecule has 2 fully saturated rings. The second-order valence-corrected chi connectivity index (χ2v) is 9.99. The molecule has 0 N–H and O–H groups in total. The Morgan fingerprint density at radius 2 is 1.59 bits per heavy atom. The summed E-state index contributed by atoms with van der Waals surface area (Å²) in [6, 6.07) is 1.53. The van der Waals surface area contributed by atoms with E-state index < -0.39 is 0 Å². The smallest absolute Gasteiger partial charge is 0.300 e. The lowest BCUT2D eigenvalue weighted by atomic mass is 10.0. The summed E-state index contributed by atoms with van der Waals surface area (Å²) in [7, 11) is 1.74. The van der Waals surface area contributed by atoms with Crippen molar-refractivity contribution in [3.8, 4) is 0 Å². The molecule has 2 saturated heterocycles. The van der Waals surface area contributed by atoms with Gasteiger partial charge in [0.25, 0.3) is 0 Å². The molecule has 2 nitrogen and oxygen atoms in total. The van der Waals surface area contributed by atoms with Gasteiger partial charge in [-0.25, -0.2) is 0 Å².